The lowest BCUT2D eigenvalue weighted by atomic mass is 9.86. The van der Waals surface area contributed by atoms with Crippen molar-refractivity contribution in [2.24, 2.45) is 0 Å². The average Bonchev–Trinajstić information content (AvgIpc) is 2.39. The normalized spacial score (nSPS) is 19.4. The molecule has 2 heteroatoms. The molecule has 106 valence electrons. The predicted octanol–water partition coefficient (Wildman–Crippen LogP) is 3.81. The summed E-state index contributed by atoms with van der Waals surface area (Å²) in [5.74, 6) is 0. The van der Waals surface area contributed by atoms with E-state index < -0.39 is 0 Å². The molecule has 0 aliphatic carbocycles. The Morgan fingerprint density at radius 1 is 1.11 bits per heavy atom. The molecule has 0 radical (unpaired) electrons. The van der Waals surface area contributed by atoms with Crippen LogP contribution in [-0.2, 0) is 10.2 Å². The van der Waals surface area contributed by atoms with Crippen LogP contribution in [0.5, 0.6) is 0 Å². The van der Waals surface area contributed by atoms with Crippen molar-refractivity contribution in [2.75, 3.05) is 13.1 Å². The van der Waals surface area contributed by atoms with Gasteiger partial charge < -0.3 is 10.1 Å². The van der Waals surface area contributed by atoms with Crippen LogP contribution in [0.4, 0.5) is 0 Å². The van der Waals surface area contributed by atoms with Crippen molar-refractivity contribution in [3.63, 3.8) is 0 Å². The summed E-state index contributed by atoms with van der Waals surface area (Å²) in [6, 6.07) is 8.90. The summed E-state index contributed by atoms with van der Waals surface area (Å²) in [6.45, 7) is 11.1. The zero-order chi connectivity index (χ0) is 13.9. The van der Waals surface area contributed by atoms with E-state index in [1.807, 2.05) is 0 Å². The van der Waals surface area contributed by atoms with Gasteiger partial charge in [0.1, 0.15) is 0 Å². The van der Waals surface area contributed by atoms with Crippen molar-refractivity contribution in [1.29, 1.82) is 0 Å². The second-order valence-corrected chi connectivity index (χ2v) is 6.60. The molecule has 1 aromatic carbocycles. The van der Waals surface area contributed by atoms with Gasteiger partial charge in [0, 0.05) is 0 Å². The quantitative estimate of drug-likeness (QED) is 0.893. The fourth-order valence-electron chi connectivity index (χ4n) is 2.55. The molecule has 19 heavy (non-hydrogen) atoms. The van der Waals surface area contributed by atoms with Gasteiger partial charge in [-0.05, 0) is 49.4 Å². The van der Waals surface area contributed by atoms with Crippen LogP contribution in [0.25, 0.3) is 0 Å². The number of nitrogens with one attached hydrogen (secondary N) is 1. The summed E-state index contributed by atoms with van der Waals surface area (Å²) in [5.41, 5.74) is 2.88. The Bertz CT molecular complexity index is 385. The lowest BCUT2D eigenvalue weighted by Gasteiger charge is -2.27. The highest BCUT2D eigenvalue weighted by atomic mass is 16.5. The van der Waals surface area contributed by atoms with Crippen molar-refractivity contribution >= 4 is 0 Å². The standard InChI is InChI=1S/C17H27NO/c1-13(19-16-9-11-18-12-10-16)14-5-7-15(8-6-14)17(2,3)4/h5-8,13,16,18H,9-12H2,1-4H3. The Balaban J connectivity index is 1.97. The van der Waals surface area contributed by atoms with Crippen LogP contribution < -0.4 is 5.32 Å². The summed E-state index contributed by atoms with van der Waals surface area (Å²) < 4.78 is 6.16. The molecule has 1 aliphatic heterocycles. The zero-order valence-corrected chi connectivity index (χ0v) is 12.7. The van der Waals surface area contributed by atoms with Gasteiger partial charge in [-0.25, -0.2) is 0 Å². The second-order valence-electron chi connectivity index (χ2n) is 6.60. The topological polar surface area (TPSA) is 21.3 Å². The molecule has 1 saturated heterocycles. The number of hydrogen-bond donors (Lipinski definition) is 1. The molecule has 0 saturated carbocycles. The number of piperidine rings is 1. The molecule has 2 rings (SSSR count). The molecule has 1 unspecified atom stereocenters. The maximum Gasteiger partial charge on any atom is 0.0800 e. The minimum absolute atomic E-state index is 0.192. The molecule has 1 fully saturated rings. The van der Waals surface area contributed by atoms with Gasteiger partial charge in [-0.1, -0.05) is 45.0 Å². The van der Waals surface area contributed by atoms with Crippen molar-refractivity contribution in [2.45, 2.75) is 58.2 Å². The van der Waals surface area contributed by atoms with Crippen molar-refractivity contribution in [1.82, 2.24) is 5.32 Å². The van der Waals surface area contributed by atoms with Crippen LogP contribution in [0.3, 0.4) is 0 Å². The van der Waals surface area contributed by atoms with E-state index in [0.717, 1.165) is 25.9 Å². The first kappa shape index (κ1) is 14.5. The fourth-order valence-corrected chi connectivity index (χ4v) is 2.55. The number of rotatable bonds is 3. The van der Waals surface area contributed by atoms with Gasteiger partial charge in [-0.15, -0.1) is 0 Å². The Labute approximate surface area is 117 Å². The zero-order valence-electron chi connectivity index (χ0n) is 12.7. The molecule has 1 aromatic rings. The van der Waals surface area contributed by atoms with E-state index in [9.17, 15) is 0 Å². The first-order chi connectivity index (χ1) is 8.97. The monoisotopic (exact) mass is 261 g/mol. The predicted molar refractivity (Wildman–Crippen MR) is 80.5 cm³/mol. The van der Waals surface area contributed by atoms with Crippen LogP contribution in [0.15, 0.2) is 24.3 Å². The SMILES string of the molecule is CC(OC1CCNCC1)c1ccc(C(C)(C)C)cc1. The maximum atomic E-state index is 6.16. The average molecular weight is 261 g/mol. The summed E-state index contributed by atoms with van der Waals surface area (Å²) in [5, 5.41) is 3.37. The minimum atomic E-state index is 0.192. The van der Waals surface area contributed by atoms with Crippen molar-refractivity contribution in [3.8, 4) is 0 Å². The van der Waals surface area contributed by atoms with E-state index in [2.05, 4.69) is 57.3 Å². The van der Waals surface area contributed by atoms with Gasteiger partial charge >= 0.3 is 0 Å². The van der Waals surface area contributed by atoms with E-state index in [4.69, 9.17) is 4.74 Å². The molecule has 1 atom stereocenters. The third kappa shape index (κ3) is 4.05. The van der Waals surface area contributed by atoms with Crippen LogP contribution in [0.1, 0.15) is 57.8 Å². The summed E-state index contributed by atoms with van der Waals surface area (Å²) >= 11 is 0. The molecule has 0 aromatic heterocycles. The van der Waals surface area contributed by atoms with E-state index in [0.29, 0.717) is 6.10 Å². The summed E-state index contributed by atoms with van der Waals surface area (Å²) in [4.78, 5) is 0. The first-order valence-electron chi connectivity index (χ1n) is 7.43. The van der Waals surface area contributed by atoms with Gasteiger partial charge in [0.25, 0.3) is 0 Å². The van der Waals surface area contributed by atoms with Gasteiger partial charge in [-0.3, -0.25) is 0 Å². The molecule has 0 bridgehead atoms. The summed E-state index contributed by atoms with van der Waals surface area (Å²) in [7, 11) is 0. The smallest absolute Gasteiger partial charge is 0.0800 e. The van der Waals surface area contributed by atoms with E-state index in [1.54, 1.807) is 0 Å². The molecule has 1 heterocycles. The van der Waals surface area contributed by atoms with Gasteiger partial charge in [0.05, 0.1) is 12.2 Å². The van der Waals surface area contributed by atoms with Gasteiger partial charge in [0.2, 0.25) is 0 Å². The lowest BCUT2D eigenvalue weighted by molar-refractivity contribution is -0.0186. The van der Waals surface area contributed by atoms with Gasteiger partial charge in [0.15, 0.2) is 0 Å². The van der Waals surface area contributed by atoms with E-state index >= 15 is 0 Å². The molecular weight excluding hydrogens is 234 g/mol. The Kier molecular flexibility index (Phi) is 4.64. The van der Waals surface area contributed by atoms with Crippen LogP contribution in [-0.4, -0.2) is 19.2 Å². The van der Waals surface area contributed by atoms with Crippen molar-refractivity contribution < 1.29 is 4.74 Å². The van der Waals surface area contributed by atoms with Crippen molar-refractivity contribution in [3.05, 3.63) is 35.4 Å². The number of hydrogen-bond acceptors (Lipinski definition) is 2. The van der Waals surface area contributed by atoms with Crippen LogP contribution in [0.2, 0.25) is 0 Å². The molecule has 0 spiro atoms. The number of ether oxygens (including phenoxy) is 1. The fraction of sp³-hybridized carbons (Fsp3) is 0.647. The minimum Gasteiger partial charge on any atom is -0.370 e. The lowest BCUT2D eigenvalue weighted by Crippen LogP contribution is -2.33. The summed E-state index contributed by atoms with van der Waals surface area (Å²) in [6.07, 6.45) is 2.87. The highest BCUT2D eigenvalue weighted by molar-refractivity contribution is 5.28. The highest BCUT2D eigenvalue weighted by Gasteiger charge is 2.18. The molecule has 1 N–H and O–H groups in total. The van der Waals surface area contributed by atoms with Gasteiger partial charge in [-0.2, -0.15) is 0 Å². The molecule has 2 nitrogen and oxygen atoms in total. The van der Waals surface area contributed by atoms with Crippen LogP contribution >= 0.6 is 0 Å². The third-order valence-corrected chi connectivity index (χ3v) is 3.93. The number of benzene rings is 1. The maximum absolute atomic E-state index is 6.16. The molecular formula is C17H27NO. The van der Waals surface area contributed by atoms with E-state index in [1.165, 1.54) is 11.1 Å². The second kappa shape index (κ2) is 6.06. The Morgan fingerprint density at radius 2 is 1.68 bits per heavy atom. The van der Waals surface area contributed by atoms with E-state index in [-0.39, 0.29) is 11.5 Å². The Morgan fingerprint density at radius 3 is 2.21 bits per heavy atom. The molecule has 0 amide bonds. The Hall–Kier alpha value is -0.860. The third-order valence-electron chi connectivity index (χ3n) is 3.93. The largest absolute Gasteiger partial charge is 0.370 e. The highest BCUT2D eigenvalue weighted by Crippen LogP contribution is 2.26. The first-order valence-corrected chi connectivity index (χ1v) is 7.43. The molecule has 1 aliphatic rings. The van der Waals surface area contributed by atoms with Crippen LogP contribution in [0, 0.1) is 0 Å².